The van der Waals surface area contributed by atoms with Gasteiger partial charge in [-0.25, -0.2) is 0 Å². The van der Waals surface area contributed by atoms with Gasteiger partial charge in [0, 0.05) is 42.8 Å². The fourth-order valence-electron chi connectivity index (χ4n) is 2.61. The standard InChI is InChI=1S/C15H20BrClN2O/c1-10(2)9-13(19-7-5-18-6-8-19)14-12(17)4-3-11(16)15(14)20/h3-4,13,18,20H,1,5-9H2,2H3/t13-/m1/s1. The lowest BCUT2D eigenvalue weighted by atomic mass is 9.97. The number of aromatic hydroxyl groups is 1. The molecule has 0 spiro atoms. The third kappa shape index (κ3) is 3.55. The highest BCUT2D eigenvalue weighted by Crippen LogP contribution is 2.41. The molecule has 1 heterocycles. The second-order valence-corrected chi connectivity index (χ2v) is 6.52. The molecular formula is C15H20BrClN2O. The SMILES string of the molecule is C=C(C)C[C@H](c1c(Cl)ccc(Br)c1O)N1CCNCC1. The Morgan fingerprint density at radius 3 is 2.75 bits per heavy atom. The number of nitrogens with one attached hydrogen (secondary N) is 1. The number of hydrogen-bond acceptors (Lipinski definition) is 3. The van der Waals surface area contributed by atoms with Gasteiger partial charge in [0.1, 0.15) is 5.75 Å². The van der Waals surface area contributed by atoms with Crippen molar-refractivity contribution in [3.05, 3.63) is 39.3 Å². The number of benzene rings is 1. The molecule has 1 aromatic rings. The molecule has 3 nitrogen and oxygen atoms in total. The van der Waals surface area contributed by atoms with Gasteiger partial charge in [0.05, 0.1) is 4.47 Å². The first-order valence-electron chi connectivity index (χ1n) is 6.76. The Morgan fingerprint density at radius 2 is 2.15 bits per heavy atom. The minimum absolute atomic E-state index is 0.0691. The molecule has 1 fully saturated rings. The van der Waals surface area contributed by atoms with E-state index in [1.807, 2.05) is 13.0 Å². The zero-order valence-corrected chi connectivity index (χ0v) is 14.0. The topological polar surface area (TPSA) is 35.5 Å². The second-order valence-electron chi connectivity index (χ2n) is 5.25. The zero-order valence-electron chi connectivity index (χ0n) is 11.6. The maximum atomic E-state index is 10.4. The first-order valence-corrected chi connectivity index (χ1v) is 7.94. The lowest BCUT2D eigenvalue weighted by Crippen LogP contribution is -2.45. The first kappa shape index (κ1) is 15.8. The Bertz CT molecular complexity index is 501. The van der Waals surface area contributed by atoms with E-state index >= 15 is 0 Å². The lowest BCUT2D eigenvalue weighted by molar-refractivity contribution is 0.170. The predicted octanol–water partition coefficient (Wildman–Crippen LogP) is 3.72. The van der Waals surface area contributed by atoms with Crippen LogP contribution in [0.1, 0.15) is 24.9 Å². The van der Waals surface area contributed by atoms with E-state index in [2.05, 4.69) is 32.7 Å². The number of hydrogen-bond donors (Lipinski definition) is 2. The molecule has 0 bridgehead atoms. The fraction of sp³-hybridized carbons (Fsp3) is 0.467. The van der Waals surface area contributed by atoms with E-state index in [1.165, 1.54) is 0 Å². The summed E-state index contributed by atoms with van der Waals surface area (Å²) in [6.07, 6.45) is 0.795. The van der Waals surface area contributed by atoms with Crippen LogP contribution in [-0.4, -0.2) is 36.2 Å². The van der Waals surface area contributed by atoms with Crippen molar-refractivity contribution in [3.63, 3.8) is 0 Å². The van der Waals surface area contributed by atoms with Crippen LogP contribution in [0.5, 0.6) is 5.75 Å². The molecule has 1 saturated heterocycles. The molecule has 1 aromatic carbocycles. The minimum atomic E-state index is 0.0691. The molecule has 5 heteroatoms. The molecule has 20 heavy (non-hydrogen) atoms. The molecule has 0 unspecified atom stereocenters. The fourth-order valence-corrected chi connectivity index (χ4v) is 3.24. The van der Waals surface area contributed by atoms with Crippen molar-refractivity contribution < 1.29 is 5.11 Å². The Kier molecular flexibility index (Phi) is 5.49. The largest absolute Gasteiger partial charge is 0.506 e. The van der Waals surface area contributed by atoms with Crippen molar-refractivity contribution in [1.29, 1.82) is 0 Å². The predicted molar refractivity (Wildman–Crippen MR) is 87.4 cm³/mol. The van der Waals surface area contributed by atoms with Crippen molar-refractivity contribution in [2.45, 2.75) is 19.4 Å². The van der Waals surface area contributed by atoms with E-state index in [9.17, 15) is 5.11 Å². The highest BCUT2D eigenvalue weighted by atomic mass is 79.9. The average molecular weight is 360 g/mol. The van der Waals surface area contributed by atoms with E-state index in [0.717, 1.165) is 43.7 Å². The van der Waals surface area contributed by atoms with E-state index in [4.69, 9.17) is 11.6 Å². The highest BCUT2D eigenvalue weighted by Gasteiger charge is 2.27. The van der Waals surface area contributed by atoms with Crippen LogP contribution < -0.4 is 5.32 Å². The van der Waals surface area contributed by atoms with E-state index in [-0.39, 0.29) is 11.8 Å². The first-order chi connectivity index (χ1) is 9.50. The second kappa shape index (κ2) is 6.94. The summed E-state index contributed by atoms with van der Waals surface area (Å²) in [5, 5.41) is 14.3. The van der Waals surface area contributed by atoms with Gasteiger partial charge < -0.3 is 10.4 Å². The van der Waals surface area contributed by atoms with Gasteiger partial charge in [-0.2, -0.15) is 0 Å². The number of nitrogens with zero attached hydrogens (tertiary/aromatic N) is 1. The van der Waals surface area contributed by atoms with Crippen molar-refractivity contribution in [3.8, 4) is 5.75 Å². The molecule has 2 rings (SSSR count). The molecule has 1 aliphatic heterocycles. The lowest BCUT2D eigenvalue weighted by Gasteiger charge is -2.36. The third-order valence-corrected chi connectivity index (χ3v) is 4.55. The van der Waals surface area contributed by atoms with Crippen molar-refractivity contribution in [2.75, 3.05) is 26.2 Å². The van der Waals surface area contributed by atoms with E-state index in [1.54, 1.807) is 6.07 Å². The zero-order chi connectivity index (χ0) is 14.7. The smallest absolute Gasteiger partial charge is 0.136 e. The van der Waals surface area contributed by atoms with Crippen LogP contribution in [0.25, 0.3) is 0 Å². The maximum Gasteiger partial charge on any atom is 0.136 e. The molecule has 0 saturated carbocycles. The monoisotopic (exact) mass is 358 g/mol. The molecule has 0 aromatic heterocycles. The number of phenolic OH excluding ortho intramolecular Hbond substituents is 1. The van der Waals surface area contributed by atoms with Crippen molar-refractivity contribution in [1.82, 2.24) is 10.2 Å². The van der Waals surface area contributed by atoms with Crippen LogP contribution in [0.3, 0.4) is 0 Å². The molecule has 0 amide bonds. The van der Waals surface area contributed by atoms with E-state index < -0.39 is 0 Å². The van der Waals surface area contributed by atoms with Crippen molar-refractivity contribution in [2.24, 2.45) is 0 Å². The van der Waals surface area contributed by atoms with Gasteiger partial charge in [0.15, 0.2) is 0 Å². The Hall–Kier alpha value is -0.550. The van der Waals surface area contributed by atoms with Crippen LogP contribution >= 0.6 is 27.5 Å². The normalized spacial score (nSPS) is 17.9. The van der Waals surface area contributed by atoms with Gasteiger partial charge >= 0.3 is 0 Å². The van der Waals surface area contributed by atoms with Gasteiger partial charge in [-0.05, 0) is 41.4 Å². The Balaban J connectivity index is 2.40. The molecular weight excluding hydrogens is 340 g/mol. The van der Waals surface area contributed by atoms with Crippen LogP contribution in [-0.2, 0) is 0 Å². The Labute approximate surface area is 133 Å². The molecule has 110 valence electrons. The van der Waals surface area contributed by atoms with Gasteiger partial charge in [0.25, 0.3) is 0 Å². The number of piperazine rings is 1. The van der Waals surface area contributed by atoms with Gasteiger partial charge in [-0.1, -0.05) is 17.2 Å². The summed E-state index contributed by atoms with van der Waals surface area (Å²) in [5.41, 5.74) is 1.88. The summed E-state index contributed by atoms with van der Waals surface area (Å²) in [6.45, 7) is 9.83. The maximum absolute atomic E-state index is 10.4. The highest BCUT2D eigenvalue weighted by molar-refractivity contribution is 9.10. The van der Waals surface area contributed by atoms with E-state index in [0.29, 0.717) is 9.50 Å². The van der Waals surface area contributed by atoms with Crippen LogP contribution in [0, 0.1) is 0 Å². The van der Waals surface area contributed by atoms with Gasteiger partial charge in [0.2, 0.25) is 0 Å². The summed E-state index contributed by atoms with van der Waals surface area (Å²) >= 11 is 9.72. The summed E-state index contributed by atoms with van der Waals surface area (Å²) in [6, 6.07) is 3.67. The summed E-state index contributed by atoms with van der Waals surface area (Å²) in [7, 11) is 0. The van der Waals surface area contributed by atoms with Crippen LogP contribution in [0.15, 0.2) is 28.8 Å². The third-order valence-electron chi connectivity index (χ3n) is 3.58. The number of halogens is 2. The van der Waals surface area contributed by atoms with Crippen LogP contribution in [0.4, 0.5) is 0 Å². The minimum Gasteiger partial charge on any atom is -0.506 e. The Morgan fingerprint density at radius 1 is 1.50 bits per heavy atom. The van der Waals surface area contributed by atoms with Crippen LogP contribution in [0.2, 0.25) is 5.02 Å². The summed E-state index contributed by atoms with van der Waals surface area (Å²) in [4.78, 5) is 2.36. The average Bonchev–Trinajstić information content (AvgIpc) is 2.43. The molecule has 2 N–H and O–H groups in total. The number of rotatable bonds is 4. The van der Waals surface area contributed by atoms with Gasteiger partial charge in [-0.3, -0.25) is 4.90 Å². The van der Waals surface area contributed by atoms with Gasteiger partial charge in [-0.15, -0.1) is 6.58 Å². The molecule has 1 aliphatic rings. The molecule has 0 radical (unpaired) electrons. The number of phenols is 1. The van der Waals surface area contributed by atoms with Crippen molar-refractivity contribution >= 4 is 27.5 Å². The molecule has 0 aliphatic carbocycles. The molecule has 1 atom stereocenters. The summed E-state index contributed by atoms with van der Waals surface area (Å²) in [5.74, 6) is 0.238. The quantitative estimate of drug-likeness (QED) is 0.804. The summed E-state index contributed by atoms with van der Waals surface area (Å²) < 4.78 is 0.679.